The smallest absolute Gasteiger partial charge is 0.221 e. The summed E-state index contributed by atoms with van der Waals surface area (Å²) < 4.78 is 0. The number of rotatable bonds is 7. The summed E-state index contributed by atoms with van der Waals surface area (Å²) in [5.41, 5.74) is 5.91. The summed E-state index contributed by atoms with van der Waals surface area (Å²) in [6.45, 7) is 5.02. The average Bonchev–Trinajstić information content (AvgIpc) is 3.12. The monoisotopic (exact) mass is 238 g/mol. The zero-order valence-corrected chi connectivity index (χ0v) is 11.1. The quantitative estimate of drug-likeness (QED) is 0.712. The van der Waals surface area contributed by atoms with Crippen LogP contribution in [0.3, 0.4) is 0 Å². The first-order valence-corrected chi connectivity index (χ1v) is 7.10. The van der Waals surface area contributed by atoms with Crippen molar-refractivity contribution in [3.05, 3.63) is 0 Å². The standard InChI is InChI=1S/C14H26N2O/c1-9(2)13(15)7-14(17)16-8-12(10-3-4-10)11-5-6-11/h9-13H,3-8,15H2,1-2H3,(H,16,17). The third-order valence-electron chi connectivity index (χ3n) is 4.27. The summed E-state index contributed by atoms with van der Waals surface area (Å²) in [7, 11) is 0. The number of nitrogens with one attached hydrogen (secondary N) is 1. The lowest BCUT2D eigenvalue weighted by Gasteiger charge is -2.18. The molecule has 17 heavy (non-hydrogen) atoms. The molecular formula is C14H26N2O. The van der Waals surface area contributed by atoms with Gasteiger partial charge in [0.25, 0.3) is 0 Å². The fourth-order valence-electron chi connectivity index (χ4n) is 2.52. The Labute approximate surface area is 105 Å². The topological polar surface area (TPSA) is 55.1 Å². The first-order chi connectivity index (χ1) is 8.08. The molecule has 2 rings (SSSR count). The van der Waals surface area contributed by atoms with E-state index in [1.54, 1.807) is 0 Å². The van der Waals surface area contributed by atoms with Gasteiger partial charge in [-0.3, -0.25) is 4.79 Å². The van der Waals surface area contributed by atoms with Crippen molar-refractivity contribution in [2.45, 2.75) is 52.0 Å². The summed E-state index contributed by atoms with van der Waals surface area (Å²) in [5, 5.41) is 3.09. The molecular weight excluding hydrogens is 212 g/mol. The van der Waals surface area contributed by atoms with Gasteiger partial charge in [-0.15, -0.1) is 0 Å². The highest BCUT2D eigenvalue weighted by atomic mass is 16.1. The van der Waals surface area contributed by atoms with Crippen molar-refractivity contribution in [3.63, 3.8) is 0 Å². The molecule has 1 atom stereocenters. The Balaban J connectivity index is 1.67. The van der Waals surface area contributed by atoms with Crippen LogP contribution in [0.15, 0.2) is 0 Å². The van der Waals surface area contributed by atoms with Crippen LogP contribution in [0.2, 0.25) is 0 Å². The molecule has 1 amide bonds. The van der Waals surface area contributed by atoms with E-state index in [-0.39, 0.29) is 11.9 Å². The van der Waals surface area contributed by atoms with Gasteiger partial charge in [-0.25, -0.2) is 0 Å². The molecule has 2 aliphatic rings. The minimum Gasteiger partial charge on any atom is -0.356 e. The second-order valence-corrected chi connectivity index (χ2v) is 6.25. The lowest BCUT2D eigenvalue weighted by molar-refractivity contribution is -0.121. The molecule has 0 aromatic carbocycles. The van der Waals surface area contributed by atoms with E-state index in [0.29, 0.717) is 12.3 Å². The molecule has 1 unspecified atom stereocenters. The Morgan fingerprint density at radius 1 is 1.24 bits per heavy atom. The molecule has 3 nitrogen and oxygen atoms in total. The SMILES string of the molecule is CC(C)C(N)CC(=O)NCC(C1CC1)C1CC1. The molecule has 2 fully saturated rings. The van der Waals surface area contributed by atoms with Gasteiger partial charge in [-0.05, 0) is 49.4 Å². The molecule has 0 bridgehead atoms. The lowest BCUT2D eigenvalue weighted by atomic mass is 9.97. The van der Waals surface area contributed by atoms with Crippen molar-refractivity contribution in [1.82, 2.24) is 5.32 Å². The van der Waals surface area contributed by atoms with Gasteiger partial charge in [-0.2, -0.15) is 0 Å². The van der Waals surface area contributed by atoms with Crippen LogP contribution in [-0.4, -0.2) is 18.5 Å². The summed E-state index contributed by atoms with van der Waals surface area (Å²) in [4.78, 5) is 11.8. The Morgan fingerprint density at radius 3 is 2.18 bits per heavy atom. The fourth-order valence-corrected chi connectivity index (χ4v) is 2.52. The van der Waals surface area contributed by atoms with Gasteiger partial charge in [-0.1, -0.05) is 13.8 Å². The van der Waals surface area contributed by atoms with Gasteiger partial charge in [0.2, 0.25) is 5.91 Å². The van der Waals surface area contributed by atoms with Crippen molar-refractivity contribution in [1.29, 1.82) is 0 Å². The van der Waals surface area contributed by atoms with Crippen LogP contribution in [0.1, 0.15) is 46.0 Å². The van der Waals surface area contributed by atoms with E-state index in [4.69, 9.17) is 5.73 Å². The molecule has 3 N–H and O–H groups in total. The Hall–Kier alpha value is -0.570. The first-order valence-electron chi connectivity index (χ1n) is 7.10. The van der Waals surface area contributed by atoms with Crippen molar-refractivity contribution in [2.75, 3.05) is 6.54 Å². The fraction of sp³-hybridized carbons (Fsp3) is 0.929. The highest BCUT2D eigenvalue weighted by Gasteiger charge is 2.41. The molecule has 0 heterocycles. The summed E-state index contributed by atoms with van der Waals surface area (Å²) >= 11 is 0. The Morgan fingerprint density at radius 2 is 1.76 bits per heavy atom. The van der Waals surface area contributed by atoms with E-state index in [1.165, 1.54) is 25.7 Å². The number of nitrogens with two attached hydrogens (primary N) is 1. The van der Waals surface area contributed by atoms with Crippen molar-refractivity contribution in [2.24, 2.45) is 29.4 Å². The van der Waals surface area contributed by atoms with Crippen molar-refractivity contribution in [3.8, 4) is 0 Å². The predicted molar refractivity (Wildman–Crippen MR) is 69.4 cm³/mol. The number of carbonyl (C=O) groups excluding carboxylic acids is 1. The molecule has 2 saturated carbocycles. The highest BCUT2D eigenvalue weighted by Crippen LogP contribution is 2.48. The number of carbonyl (C=O) groups is 1. The minimum absolute atomic E-state index is 0.00435. The first kappa shape index (κ1) is 12.9. The average molecular weight is 238 g/mol. The Kier molecular flexibility index (Phi) is 4.08. The van der Waals surface area contributed by atoms with E-state index < -0.39 is 0 Å². The van der Waals surface area contributed by atoms with E-state index in [1.807, 2.05) is 0 Å². The molecule has 3 heteroatoms. The summed E-state index contributed by atoms with van der Waals surface area (Å²) in [6, 6.07) is -0.00435. The molecule has 2 aliphatic carbocycles. The molecule has 0 spiro atoms. The third kappa shape index (κ3) is 3.98. The molecule has 0 aromatic heterocycles. The molecule has 98 valence electrons. The van der Waals surface area contributed by atoms with Gasteiger partial charge in [0.05, 0.1) is 0 Å². The minimum atomic E-state index is -0.00435. The molecule has 0 aliphatic heterocycles. The van der Waals surface area contributed by atoms with E-state index in [2.05, 4.69) is 19.2 Å². The van der Waals surface area contributed by atoms with Crippen LogP contribution in [0.4, 0.5) is 0 Å². The van der Waals surface area contributed by atoms with Gasteiger partial charge in [0.1, 0.15) is 0 Å². The van der Waals surface area contributed by atoms with Gasteiger partial charge in [0.15, 0.2) is 0 Å². The summed E-state index contributed by atoms with van der Waals surface area (Å²) in [5.74, 6) is 3.08. The Bertz CT molecular complexity index is 257. The van der Waals surface area contributed by atoms with Crippen LogP contribution < -0.4 is 11.1 Å². The second kappa shape index (κ2) is 5.38. The number of hydrogen-bond acceptors (Lipinski definition) is 2. The molecule has 0 radical (unpaired) electrons. The maximum Gasteiger partial charge on any atom is 0.221 e. The highest BCUT2D eigenvalue weighted by molar-refractivity contribution is 5.76. The maximum atomic E-state index is 11.8. The zero-order chi connectivity index (χ0) is 12.4. The van der Waals surface area contributed by atoms with E-state index >= 15 is 0 Å². The van der Waals surface area contributed by atoms with Crippen LogP contribution in [0.25, 0.3) is 0 Å². The van der Waals surface area contributed by atoms with Gasteiger partial charge >= 0.3 is 0 Å². The predicted octanol–water partition coefficient (Wildman–Crippen LogP) is 1.91. The van der Waals surface area contributed by atoms with E-state index in [0.717, 1.165) is 24.3 Å². The van der Waals surface area contributed by atoms with Gasteiger partial charge in [0, 0.05) is 19.0 Å². The zero-order valence-electron chi connectivity index (χ0n) is 11.1. The van der Waals surface area contributed by atoms with Crippen LogP contribution >= 0.6 is 0 Å². The van der Waals surface area contributed by atoms with Crippen LogP contribution in [0.5, 0.6) is 0 Å². The maximum absolute atomic E-state index is 11.8. The van der Waals surface area contributed by atoms with E-state index in [9.17, 15) is 4.79 Å². The van der Waals surface area contributed by atoms with Crippen LogP contribution in [-0.2, 0) is 4.79 Å². The summed E-state index contributed by atoms with van der Waals surface area (Å²) in [6.07, 6.45) is 5.98. The van der Waals surface area contributed by atoms with Crippen LogP contribution in [0, 0.1) is 23.7 Å². The molecule has 0 saturated heterocycles. The molecule has 0 aromatic rings. The van der Waals surface area contributed by atoms with Crippen molar-refractivity contribution >= 4 is 5.91 Å². The largest absolute Gasteiger partial charge is 0.356 e. The van der Waals surface area contributed by atoms with Gasteiger partial charge < -0.3 is 11.1 Å². The third-order valence-corrected chi connectivity index (χ3v) is 4.27. The van der Waals surface area contributed by atoms with Crippen molar-refractivity contribution < 1.29 is 4.79 Å². The normalized spacial score (nSPS) is 21.9. The second-order valence-electron chi connectivity index (χ2n) is 6.25. The lowest BCUT2D eigenvalue weighted by Crippen LogP contribution is -2.37. The number of hydrogen-bond donors (Lipinski definition) is 2. The number of amides is 1.